The Kier molecular flexibility index (Phi) is 3.15. The van der Waals surface area contributed by atoms with Crippen LogP contribution < -0.4 is 5.56 Å². The average molecular weight is 305 g/mol. The van der Waals surface area contributed by atoms with E-state index in [1.54, 1.807) is 15.3 Å². The zero-order valence-corrected chi connectivity index (χ0v) is 12.7. The van der Waals surface area contributed by atoms with Crippen LogP contribution in [-0.2, 0) is 13.0 Å². The first-order chi connectivity index (χ1) is 11.2. The fourth-order valence-electron chi connectivity index (χ4n) is 2.73. The molecule has 23 heavy (non-hydrogen) atoms. The van der Waals surface area contributed by atoms with Crippen molar-refractivity contribution in [3.05, 3.63) is 70.5 Å². The molecular formula is C17H15N5O. The van der Waals surface area contributed by atoms with Gasteiger partial charge >= 0.3 is 0 Å². The molecule has 0 spiro atoms. The maximum absolute atomic E-state index is 12.7. The molecule has 3 heterocycles. The zero-order valence-electron chi connectivity index (χ0n) is 12.7. The maximum atomic E-state index is 12.7. The topological polar surface area (TPSA) is 65.1 Å². The molecule has 0 atom stereocenters. The van der Waals surface area contributed by atoms with Gasteiger partial charge in [0.05, 0.1) is 10.9 Å². The van der Waals surface area contributed by atoms with E-state index in [4.69, 9.17) is 0 Å². The molecule has 1 aromatic carbocycles. The lowest BCUT2D eigenvalue weighted by atomic mass is 10.1. The number of hydrogen-bond acceptors (Lipinski definition) is 4. The summed E-state index contributed by atoms with van der Waals surface area (Å²) >= 11 is 0. The van der Waals surface area contributed by atoms with Gasteiger partial charge in [-0.1, -0.05) is 30.3 Å². The van der Waals surface area contributed by atoms with Crippen LogP contribution >= 0.6 is 0 Å². The van der Waals surface area contributed by atoms with Crippen molar-refractivity contribution < 1.29 is 0 Å². The highest BCUT2D eigenvalue weighted by Gasteiger charge is 2.09. The van der Waals surface area contributed by atoms with Crippen LogP contribution in [-0.4, -0.2) is 24.1 Å². The van der Waals surface area contributed by atoms with Crippen molar-refractivity contribution in [3.8, 4) is 0 Å². The zero-order chi connectivity index (χ0) is 15.8. The molecule has 3 aromatic heterocycles. The molecule has 114 valence electrons. The normalized spacial score (nSPS) is 11.3. The van der Waals surface area contributed by atoms with E-state index in [2.05, 4.69) is 27.2 Å². The Morgan fingerprint density at radius 3 is 2.78 bits per heavy atom. The van der Waals surface area contributed by atoms with Crippen molar-refractivity contribution in [2.75, 3.05) is 0 Å². The quantitative estimate of drug-likeness (QED) is 0.580. The first-order valence-corrected chi connectivity index (χ1v) is 7.48. The van der Waals surface area contributed by atoms with Crippen LogP contribution in [0.5, 0.6) is 0 Å². The summed E-state index contributed by atoms with van der Waals surface area (Å²) in [6.45, 7) is 2.44. The first-order valence-electron chi connectivity index (χ1n) is 7.48. The van der Waals surface area contributed by atoms with Crippen molar-refractivity contribution in [2.45, 2.75) is 19.9 Å². The second kappa shape index (κ2) is 5.31. The van der Waals surface area contributed by atoms with Crippen LogP contribution in [0.15, 0.2) is 53.6 Å². The van der Waals surface area contributed by atoms with Gasteiger partial charge in [-0.3, -0.25) is 4.79 Å². The average Bonchev–Trinajstić information content (AvgIpc) is 2.96. The van der Waals surface area contributed by atoms with E-state index < -0.39 is 0 Å². The largest absolute Gasteiger partial charge is 0.314 e. The molecule has 0 amide bonds. The van der Waals surface area contributed by atoms with Gasteiger partial charge in [0.25, 0.3) is 11.3 Å². The fraction of sp³-hybridized carbons (Fsp3) is 0.176. The number of aryl methyl sites for hydroxylation is 3. The highest BCUT2D eigenvalue weighted by atomic mass is 16.1. The molecule has 0 aliphatic carbocycles. The van der Waals surface area contributed by atoms with E-state index in [1.165, 1.54) is 5.56 Å². The van der Waals surface area contributed by atoms with Gasteiger partial charge in [0.1, 0.15) is 5.82 Å². The molecule has 0 unspecified atom stereocenters. The highest BCUT2D eigenvalue weighted by molar-refractivity contribution is 5.78. The lowest BCUT2D eigenvalue weighted by Crippen LogP contribution is -2.21. The summed E-state index contributed by atoms with van der Waals surface area (Å²) in [5, 5.41) is 4.85. The van der Waals surface area contributed by atoms with Gasteiger partial charge in [0.2, 0.25) is 0 Å². The van der Waals surface area contributed by atoms with E-state index in [0.717, 1.165) is 11.9 Å². The van der Waals surface area contributed by atoms with Gasteiger partial charge in [0, 0.05) is 18.9 Å². The standard InChI is InChI=1S/C17H15N5O/c1-12-19-17-18-11-14-15(22(17)20-12)8-10-21(16(14)23)9-7-13-5-3-2-4-6-13/h2-6,8,10-11H,7,9H2,1H3. The predicted octanol–water partition coefficient (Wildman–Crippen LogP) is 1.99. The fourth-order valence-corrected chi connectivity index (χ4v) is 2.73. The van der Waals surface area contributed by atoms with Gasteiger partial charge in [-0.05, 0) is 25.0 Å². The molecule has 4 aromatic rings. The van der Waals surface area contributed by atoms with Crippen LogP contribution in [0.3, 0.4) is 0 Å². The lowest BCUT2D eigenvalue weighted by Gasteiger charge is -2.07. The van der Waals surface area contributed by atoms with Gasteiger partial charge < -0.3 is 4.57 Å². The Balaban J connectivity index is 1.76. The minimum absolute atomic E-state index is 0.0546. The summed E-state index contributed by atoms with van der Waals surface area (Å²) in [5.41, 5.74) is 1.89. The van der Waals surface area contributed by atoms with Gasteiger partial charge in [-0.25, -0.2) is 4.98 Å². The Hall–Kier alpha value is -3.02. The number of rotatable bonds is 3. The first kappa shape index (κ1) is 13.6. The summed E-state index contributed by atoms with van der Waals surface area (Å²) in [6, 6.07) is 12.0. The van der Waals surface area contributed by atoms with E-state index in [0.29, 0.717) is 23.5 Å². The molecule has 0 saturated heterocycles. The molecule has 0 aliphatic rings. The van der Waals surface area contributed by atoms with Crippen molar-refractivity contribution >= 4 is 16.7 Å². The van der Waals surface area contributed by atoms with E-state index in [1.807, 2.05) is 37.4 Å². The SMILES string of the molecule is Cc1nc2ncc3c(=O)n(CCc4ccccc4)ccc3n2n1. The molecule has 0 saturated carbocycles. The van der Waals surface area contributed by atoms with Gasteiger partial charge in [0.15, 0.2) is 0 Å². The molecule has 0 N–H and O–H groups in total. The Morgan fingerprint density at radius 2 is 1.96 bits per heavy atom. The molecule has 0 aliphatic heterocycles. The summed E-state index contributed by atoms with van der Waals surface area (Å²) in [6.07, 6.45) is 4.20. The van der Waals surface area contributed by atoms with E-state index in [-0.39, 0.29) is 5.56 Å². The van der Waals surface area contributed by atoms with E-state index in [9.17, 15) is 4.79 Å². The molecule has 4 rings (SSSR count). The van der Waals surface area contributed by atoms with Crippen molar-refractivity contribution in [3.63, 3.8) is 0 Å². The third-order valence-corrected chi connectivity index (χ3v) is 3.90. The summed E-state index contributed by atoms with van der Waals surface area (Å²) in [7, 11) is 0. The van der Waals surface area contributed by atoms with Crippen LogP contribution in [0, 0.1) is 6.92 Å². The third-order valence-electron chi connectivity index (χ3n) is 3.90. The van der Waals surface area contributed by atoms with Crippen molar-refractivity contribution in [1.29, 1.82) is 0 Å². The summed E-state index contributed by atoms with van der Waals surface area (Å²) in [5.74, 6) is 1.15. The molecule has 0 fully saturated rings. The van der Waals surface area contributed by atoms with Gasteiger partial charge in [-0.2, -0.15) is 9.50 Å². The number of pyridine rings is 1. The Labute approximate surface area is 132 Å². The predicted molar refractivity (Wildman–Crippen MR) is 87.4 cm³/mol. The monoisotopic (exact) mass is 305 g/mol. The smallest absolute Gasteiger partial charge is 0.261 e. The van der Waals surface area contributed by atoms with Gasteiger partial charge in [-0.15, -0.1) is 5.10 Å². The molecule has 6 nitrogen and oxygen atoms in total. The number of nitrogens with zero attached hydrogens (tertiary/aromatic N) is 5. The highest BCUT2D eigenvalue weighted by Crippen LogP contribution is 2.10. The van der Waals surface area contributed by atoms with Crippen LogP contribution in [0.2, 0.25) is 0 Å². The molecule has 0 bridgehead atoms. The van der Waals surface area contributed by atoms with Crippen LogP contribution in [0.25, 0.3) is 16.7 Å². The number of hydrogen-bond donors (Lipinski definition) is 0. The number of aromatic nitrogens is 5. The second-order valence-electron chi connectivity index (χ2n) is 5.48. The molecular weight excluding hydrogens is 290 g/mol. The molecule has 6 heteroatoms. The van der Waals surface area contributed by atoms with Crippen LogP contribution in [0.4, 0.5) is 0 Å². The summed E-state index contributed by atoms with van der Waals surface area (Å²) < 4.78 is 3.33. The number of benzene rings is 1. The molecule has 0 radical (unpaired) electrons. The van der Waals surface area contributed by atoms with Crippen molar-refractivity contribution in [1.82, 2.24) is 24.1 Å². The Morgan fingerprint density at radius 1 is 1.13 bits per heavy atom. The lowest BCUT2D eigenvalue weighted by molar-refractivity contribution is 0.674. The number of fused-ring (bicyclic) bond motifs is 3. The van der Waals surface area contributed by atoms with E-state index >= 15 is 0 Å². The minimum atomic E-state index is -0.0546. The third kappa shape index (κ3) is 2.38. The summed E-state index contributed by atoms with van der Waals surface area (Å²) in [4.78, 5) is 21.1. The minimum Gasteiger partial charge on any atom is -0.314 e. The maximum Gasteiger partial charge on any atom is 0.261 e. The van der Waals surface area contributed by atoms with Crippen LogP contribution in [0.1, 0.15) is 11.4 Å². The Bertz CT molecular complexity index is 1050. The van der Waals surface area contributed by atoms with Crippen molar-refractivity contribution in [2.24, 2.45) is 0 Å². The second-order valence-corrected chi connectivity index (χ2v) is 5.48.